The Bertz CT molecular complexity index is 1720. The van der Waals surface area contributed by atoms with Gasteiger partial charge < -0.3 is 46.7 Å². The van der Waals surface area contributed by atoms with E-state index in [2.05, 4.69) is 78.8 Å². The SMILES string of the molecule is C=CCOC(=O)OCC(CO[C@@H]1[C@@H]2O[Si](C(C)C)(C(C)C)O[Si](C(C)C)(C(C)C)OC[C@H]2O[C@H]1n1ccc(NC(=O)c2ccccc2)nc1=O)OC(=O)OCC=C. The molecule has 1 unspecified atom stereocenters. The first kappa shape index (κ1) is 45.5. The van der Waals surface area contributed by atoms with Crippen molar-refractivity contribution in [2.45, 2.75) is 108 Å². The van der Waals surface area contributed by atoms with Crippen LogP contribution in [0.25, 0.3) is 0 Å². The van der Waals surface area contributed by atoms with Gasteiger partial charge in [0.1, 0.15) is 44.0 Å². The number of aromatic nitrogens is 2. The molecule has 2 aliphatic rings. The Balaban J connectivity index is 1.75. The van der Waals surface area contributed by atoms with Gasteiger partial charge in [-0.2, -0.15) is 4.98 Å². The van der Waals surface area contributed by atoms with Crippen LogP contribution in [0.1, 0.15) is 72.0 Å². The second-order valence-corrected chi connectivity index (χ2v) is 23.8. The number of hydrogen-bond acceptors (Lipinski definition) is 14. The summed E-state index contributed by atoms with van der Waals surface area (Å²) in [7, 11) is -6.21. The Hall–Kier alpha value is -4.18. The summed E-state index contributed by atoms with van der Waals surface area (Å²) in [5, 5.41) is 2.66. The molecule has 1 amide bonds. The van der Waals surface area contributed by atoms with Crippen LogP contribution in [0.15, 0.2) is 72.7 Å². The van der Waals surface area contributed by atoms with Crippen LogP contribution in [0.3, 0.4) is 0 Å². The number of amides is 1. The zero-order valence-corrected chi connectivity index (χ0v) is 36.0. The standard InChI is InChI=1S/C39H57N3O13Si2/c1-11-20-47-38(45)50-23-30(52-39(46)48-21-12-2)22-49-34-33-31(24-51-56(25(3)4,26(5)6)55-57(54-33,27(7)8)28(9)10)53-36(34)42-19-18-32(41-37(42)44)40-35(43)29-16-14-13-15-17-29/h11-19,25-28,30-31,33-34,36H,1-2,20-24H2,3-10H3,(H,40,41,43,44)/t30?,31-,33-,34-,36-/m1/s1. The predicted molar refractivity (Wildman–Crippen MR) is 214 cm³/mol. The van der Waals surface area contributed by atoms with Gasteiger partial charge >= 0.3 is 35.1 Å². The summed E-state index contributed by atoms with van der Waals surface area (Å²) in [6.07, 6.45) is -2.89. The van der Waals surface area contributed by atoms with E-state index in [4.69, 9.17) is 41.4 Å². The van der Waals surface area contributed by atoms with Crippen molar-refractivity contribution in [2.24, 2.45) is 0 Å². The monoisotopic (exact) mass is 831 g/mol. The summed E-state index contributed by atoms with van der Waals surface area (Å²) >= 11 is 0. The minimum Gasteiger partial charge on any atom is -0.430 e. The number of benzene rings is 1. The third-order valence-corrected chi connectivity index (χ3v) is 20.0. The second-order valence-electron chi connectivity index (χ2n) is 15.0. The van der Waals surface area contributed by atoms with E-state index in [0.29, 0.717) is 5.56 Å². The molecule has 1 aromatic carbocycles. The smallest absolute Gasteiger partial charge is 0.430 e. The zero-order chi connectivity index (χ0) is 41.9. The average molecular weight is 832 g/mol. The summed E-state index contributed by atoms with van der Waals surface area (Å²) < 4.78 is 56.6. The second kappa shape index (κ2) is 20.5. The summed E-state index contributed by atoms with van der Waals surface area (Å²) in [6, 6.07) is 10.00. The van der Waals surface area contributed by atoms with Crippen LogP contribution in [0.2, 0.25) is 22.2 Å². The number of fused-ring (bicyclic) bond motifs is 1. The third kappa shape index (κ3) is 11.1. The van der Waals surface area contributed by atoms with E-state index in [9.17, 15) is 19.2 Å². The Kier molecular flexibility index (Phi) is 16.4. The molecule has 0 saturated carbocycles. The molecular weight excluding hydrogens is 775 g/mol. The predicted octanol–water partition coefficient (Wildman–Crippen LogP) is 6.78. The largest absolute Gasteiger partial charge is 0.509 e. The summed E-state index contributed by atoms with van der Waals surface area (Å²) in [5.74, 6) is -0.412. The van der Waals surface area contributed by atoms with Crippen LogP contribution in [0, 0.1) is 0 Å². The maximum atomic E-state index is 13.8. The zero-order valence-electron chi connectivity index (χ0n) is 34.0. The van der Waals surface area contributed by atoms with Gasteiger partial charge in [-0.25, -0.2) is 14.4 Å². The number of hydrogen-bond donors (Lipinski definition) is 1. The normalized spacial score (nSPS) is 21.9. The van der Waals surface area contributed by atoms with Crippen molar-refractivity contribution < 1.29 is 55.8 Å². The van der Waals surface area contributed by atoms with E-state index in [1.807, 2.05) is 0 Å². The average Bonchev–Trinajstić information content (AvgIpc) is 3.49. The van der Waals surface area contributed by atoms with Gasteiger partial charge in [-0.3, -0.25) is 9.36 Å². The molecule has 2 saturated heterocycles. The van der Waals surface area contributed by atoms with Crippen LogP contribution in [0.4, 0.5) is 15.4 Å². The molecule has 0 spiro atoms. The van der Waals surface area contributed by atoms with Crippen molar-refractivity contribution in [3.05, 3.63) is 84.0 Å². The van der Waals surface area contributed by atoms with Gasteiger partial charge in [-0.05, 0) is 40.4 Å². The van der Waals surface area contributed by atoms with Crippen LogP contribution < -0.4 is 11.0 Å². The highest BCUT2D eigenvalue weighted by Gasteiger charge is 2.62. The molecule has 5 atom stereocenters. The number of anilines is 1. The van der Waals surface area contributed by atoms with Crippen molar-refractivity contribution in [1.82, 2.24) is 9.55 Å². The maximum Gasteiger partial charge on any atom is 0.509 e. The first-order chi connectivity index (χ1) is 27.1. The molecule has 18 heteroatoms. The fourth-order valence-electron chi connectivity index (χ4n) is 6.94. The summed E-state index contributed by atoms with van der Waals surface area (Å²) in [5.41, 5.74) is -0.329. The van der Waals surface area contributed by atoms with Gasteiger partial charge in [0.2, 0.25) is 0 Å². The van der Waals surface area contributed by atoms with E-state index in [1.54, 1.807) is 30.3 Å². The van der Waals surface area contributed by atoms with Gasteiger partial charge in [-0.1, -0.05) is 98.9 Å². The molecule has 16 nitrogen and oxygen atoms in total. The quantitative estimate of drug-likeness (QED) is 0.100. The summed E-state index contributed by atoms with van der Waals surface area (Å²) in [6.45, 7) is 22.8. The van der Waals surface area contributed by atoms with Crippen LogP contribution >= 0.6 is 0 Å². The van der Waals surface area contributed by atoms with Gasteiger partial charge in [0.25, 0.3) is 5.91 Å². The molecule has 4 rings (SSSR count). The highest BCUT2D eigenvalue weighted by molar-refractivity contribution is 6.84. The molecule has 0 radical (unpaired) electrons. The van der Waals surface area contributed by atoms with Gasteiger partial charge in [-0.15, -0.1) is 0 Å². The fraction of sp³-hybridized carbons (Fsp3) is 0.564. The van der Waals surface area contributed by atoms with E-state index < -0.39 is 78.3 Å². The number of carbonyl (C=O) groups is 3. The van der Waals surface area contributed by atoms with Crippen molar-refractivity contribution in [3.63, 3.8) is 0 Å². The van der Waals surface area contributed by atoms with Crippen LogP contribution in [0.5, 0.6) is 0 Å². The minimum absolute atomic E-state index is 0.0299. The van der Waals surface area contributed by atoms with E-state index >= 15 is 0 Å². The molecule has 2 aromatic rings. The van der Waals surface area contributed by atoms with Crippen molar-refractivity contribution in [1.29, 1.82) is 0 Å². The third-order valence-electron chi connectivity index (χ3n) is 9.76. The Morgan fingerprint density at radius 3 is 2.07 bits per heavy atom. The fourth-order valence-corrected chi connectivity index (χ4v) is 18.1. The maximum absolute atomic E-state index is 13.8. The molecule has 2 fully saturated rings. The number of rotatable bonds is 17. The topological polar surface area (TPSA) is 181 Å². The molecule has 0 bridgehead atoms. The lowest BCUT2D eigenvalue weighted by Gasteiger charge is -2.51. The molecular formula is C39H57N3O13Si2. The first-order valence-electron chi connectivity index (χ1n) is 19.2. The summed E-state index contributed by atoms with van der Waals surface area (Å²) in [4.78, 5) is 55.7. The highest BCUT2D eigenvalue weighted by atomic mass is 28.5. The molecule has 1 aromatic heterocycles. The van der Waals surface area contributed by atoms with Gasteiger partial charge in [0, 0.05) is 11.8 Å². The number of carbonyl (C=O) groups excluding carboxylic acids is 3. The lowest BCUT2D eigenvalue weighted by molar-refractivity contribution is -0.106. The number of nitrogens with zero attached hydrogens (tertiary/aromatic N) is 2. The Morgan fingerprint density at radius 2 is 1.49 bits per heavy atom. The highest BCUT2D eigenvalue weighted by Crippen LogP contribution is 2.48. The molecule has 1 N–H and O–H groups in total. The molecule has 3 heterocycles. The van der Waals surface area contributed by atoms with Gasteiger partial charge in [0.15, 0.2) is 12.3 Å². The van der Waals surface area contributed by atoms with Crippen molar-refractivity contribution >= 4 is 41.2 Å². The van der Waals surface area contributed by atoms with Crippen LogP contribution in [-0.4, -0.2) is 102 Å². The molecule has 314 valence electrons. The molecule has 2 aliphatic heterocycles. The number of ether oxygens (including phenoxy) is 6. The lowest BCUT2D eigenvalue weighted by atomic mass is 10.1. The number of nitrogens with one attached hydrogen (secondary N) is 1. The minimum atomic E-state index is -3.24. The van der Waals surface area contributed by atoms with E-state index in [-0.39, 0.29) is 54.4 Å². The van der Waals surface area contributed by atoms with Crippen molar-refractivity contribution in [3.8, 4) is 0 Å². The van der Waals surface area contributed by atoms with Crippen LogP contribution in [-0.2, 0) is 41.4 Å². The molecule has 0 aliphatic carbocycles. The first-order valence-corrected chi connectivity index (χ1v) is 23.1. The van der Waals surface area contributed by atoms with Crippen molar-refractivity contribution in [2.75, 3.05) is 38.4 Å². The molecule has 57 heavy (non-hydrogen) atoms. The van der Waals surface area contributed by atoms with Gasteiger partial charge in [0.05, 0.1) is 13.2 Å². The van der Waals surface area contributed by atoms with E-state index in [0.717, 1.165) is 0 Å². The lowest BCUT2D eigenvalue weighted by Crippen LogP contribution is -2.66. The Morgan fingerprint density at radius 1 is 0.877 bits per heavy atom. The Labute approximate surface area is 336 Å². The van der Waals surface area contributed by atoms with E-state index in [1.165, 1.54) is 29.0 Å².